The second-order valence-electron chi connectivity index (χ2n) is 7.10. The Balaban J connectivity index is 1.95. The Morgan fingerprint density at radius 3 is 2.70 bits per heavy atom. The van der Waals surface area contributed by atoms with Crippen molar-refractivity contribution in [2.45, 2.75) is 45.8 Å². The largest absolute Gasteiger partial charge is 0.506 e. The van der Waals surface area contributed by atoms with Gasteiger partial charge in [-0.1, -0.05) is 6.92 Å². The number of benzene rings is 1. The standard InChI is InChI=1S/C17H25FN2O3/c1-11-10-20(16(22)23-17(2,3)4)8-7-13(11)19-14-6-5-12(18)9-15(14)21/h5-6,9,11,13,19,21H,7-8,10H2,1-4H3/t11-,13+/m0/s1. The molecular formula is C17H25FN2O3. The fraction of sp³-hybridized carbons (Fsp3) is 0.588. The molecule has 1 aromatic carbocycles. The maximum Gasteiger partial charge on any atom is 0.410 e. The highest BCUT2D eigenvalue weighted by Gasteiger charge is 2.31. The third-order valence-electron chi connectivity index (χ3n) is 3.86. The summed E-state index contributed by atoms with van der Waals surface area (Å²) in [5, 5.41) is 13.0. The first kappa shape index (κ1) is 17.4. The summed E-state index contributed by atoms with van der Waals surface area (Å²) in [5.74, 6) is -0.395. The van der Waals surface area contributed by atoms with E-state index in [1.165, 1.54) is 12.1 Å². The molecule has 1 aromatic rings. The Morgan fingerprint density at radius 1 is 1.43 bits per heavy atom. The van der Waals surface area contributed by atoms with E-state index in [1.54, 1.807) is 4.90 Å². The van der Waals surface area contributed by atoms with Crippen LogP contribution in [0.2, 0.25) is 0 Å². The number of phenols is 1. The van der Waals surface area contributed by atoms with Gasteiger partial charge in [0.2, 0.25) is 0 Å². The minimum Gasteiger partial charge on any atom is -0.506 e. The molecule has 1 heterocycles. The van der Waals surface area contributed by atoms with Gasteiger partial charge in [0.25, 0.3) is 0 Å². The second-order valence-corrected chi connectivity index (χ2v) is 7.10. The highest BCUT2D eigenvalue weighted by atomic mass is 19.1. The highest BCUT2D eigenvalue weighted by Crippen LogP contribution is 2.28. The number of halogens is 1. The molecule has 1 saturated heterocycles. The van der Waals surface area contributed by atoms with Crippen molar-refractivity contribution in [3.8, 4) is 5.75 Å². The van der Waals surface area contributed by atoms with Gasteiger partial charge in [0, 0.05) is 25.2 Å². The number of nitrogens with zero attached hydrogens (tertiary/aromatic N) is 1. The van der Waals surface area contributed by atoms with Gasteiger partial charge < -0.3 is 20.1 Å². The molecule has 0 aliphatic carbocycles. The zero-order valence-corrected chi connectivity index (χ0v) is 14.1. The van der Waals surface area contributed by atoms with Gasteiger partial charge in [0.05, 0.1) is 5.69 Å². The number of anilines is 1. The van der Waals surface area contributed by atoms with Crippen LogP contribution in [0.4, 0.5) is 14.9 Å². The van der Waals surface area contributed by atoms with Crippen LogP contribution in [0.5, 0.6) is 5.75 Å². The molecule has 1 aliphatic rings. The lowest BCUT2D eigenvalue weighted by Crippen LogP contribution is -2.48. The van der Waals surface area contributed by atoms with E-state index >= 15 is 0 Å². The Kier molecular flexibility index (Phi) is 5.02. The first-order valence-corrected chi connectivity index (χ1v) is 7.88. The van der Waals surface area contributed by atoms with Gasteiger partial charge in [0.1, 0.15) is 17.2 Å². The lowest BCUT2D eigenvalue weighted by Gasteiger charge is -2.38. The molecule has 0 aromatic heterocycles. The van der Waals surface area contributed by atoms with Gasteiger partial charge in [-0.25, -0.2) is 9.18 Å². The lowest BCUT2D eigenvalue weighted by molar-refractivity contribution is 0.0165. The van der Waals surface area contributed by atoms with E-state index in [9.17, 15) is 14.3 Å². The second kappa shape index (κ2) is 6.64. The number of carbonyl (C=O) groups excluding carboxylic acids is 1. The van der Waals surface area contributed by atoms with Crippen molar-refractivity contribution in [1.82, 2.24) is 4.90 Å². The molecule has 0 spiro atoms. The summed E-state index contributed by atoms with van der Waals surface area (Å²) < 4.78 is 18.4. The van der Waals surface area contributed by atoms with Gasteiger partial charge in [0.15, 0.2) is 0 Å². The number of hydrogen-bond acceptors (Lipinski definition) is 4. The Hall–Kier alpha value is -1.98. The number of hydrogen-bond donors (Lipinski definition) is 2. The zero-order chi connectivity index (χ0) is 17.2. The normalized spacial score (nSPS) is 21.9. The summed E-state index contributed by atoms with van der Waals surface area (Å²) >= 11 is 0. The molecule has 0 saturated carbocycles. The van der Waals surface area contributed by atoms with Crippen LogP contribution in [0.1, 0.15) is 34.1 Å². The average Bonchev–Trinajstić information content (AvgIpc) is 2.41. The molecule has 128 valence electrons. The fourth-order valence-electron chi connectivity index (χ4n) is 2.68. The molecular weight excluding hydrogens is 299 g/mol. The van der Waals surface area contributed by atoms with Crippen molar-refractivity contribution in [3.63, 3.8) is 0 Å². The van der Waals surface area contributed by atoms with Gasteiger partial charge >= 0.3 is 6.09 Å². The van der Waals surface area contributed by atoms with Crippen LogP contribution < -0.4 is 5.32 Å². The molecule has 2 rings (SSSR count). The molecule has 2 atom stereocenters. The molecule has 0 bridgehead atoms. The summed E-state index contributed by atoms with van der Waals surface area (Å²) in [4.78, 5) is 13.8. The number of likely N-dealkylation sites (tertiary alicyclic amines) is 1. The Bertz CT molecular complexity index is 571. The minimum atomic E-state index is -0.505. The van der Waals surface area contributed by atoms with Crippen LogP contribution in [-0.2, 0) is 4.74 Å². The summed E-state index contributed by atoms with van der Waals surface area (Å²) in [6.45, 7) is 8.74. The van der Waals surface area contributed by atoms with E-state index < -0.39 is 11.4 Å². The smallest absolute Gasteiger partial charge is 0.410 e. The quantitative estimate of drug-likeness (QED) is 0.816. The predicted molar refractivity (Wildman–Crippen MR) is 87.1 cm³/mol. The number of rotatable bonds is 2. The molecule has 5 nitrogen and oxygen atoms in total. The maximum absolute atomic E-state index is 13.0. The predicted octanol–water partition coefficient (Wildman–Crippen LogP) is 3.59. The van der Waals surface area contributed by atoms with E-state index in [4.69, 9.17) is 4.74 Å². The number of ether oxygens (including phenoxy) is 1. The first-order valence-electron chi connectivity index (χ1n) is 7.88. The van der Waals surface area contributed by atoms with E-state index in [0.717, 1.165) is 12.5 Å². The van der Waals surface area contributed by atoms with Gasteiger partial charge in [-0.15, -0.1) is 0 Å². The third kappa shape index (κ3) is 4.74. The van der Waals surface area contributed by atoms with Gasteiger partial charge in [-0.3, -0.25) is 0 Å². The summed E-state index contributed by atoms with van der Waals surface area (Å²) in [6, 6.07) is 4.02. The van der Waals surface area contributed by atoms with Crippen LogP contribution in [0.15, 0.2) is 18.2 Å². The van der Waals surface area contributed by atoms with E-state index in [2.05, 4.69) is 5.32 Å². The van der Waals surface area contributed by atoms with Crippen LogP contribution in [0.25, 0.3) is 0 Å². The van der Waals surface area contributed by atoms with Crippen molar-refractivity contribution in [2.75, 3.05) is 18.4 Å². The molecule has 23 heavy (non-hydrogen) atoms. The summed E-state index contributed by atoms with van der Waals surface area (Å²) in [7, 11) is 0. The van der Waals surface area contributed by atoms with Crippen LogP contribution in [0.3, 0.4) is 0 Å². The first-order chi connectivity index (χ1) is 10.7. The number of carbonyl (C=O) groups is 1. The maximum atomic E-state index is 13.0. The molecule has 0 radical (unpaired) electrons. The Labute approximate surface area is 136 Å². The van der Waals surface area contributed by atoms with Crippen molar-refractivity contribution in [1.29, 1.82) is 0 Å². The molecule has 1 aliphatic heterocycles. The van der Waals surface area contributed by atoms with Crippen LogP contribution in [-0.4, -0.2) is 40.8 Å². The average molecular weight is 324 g/mol. The topological polar surface area (TPSA) is 61.8 Å². The van der Waals surface area contributed by atoms with Crippen LogP contribution >= 0.6 is 0 Å². The van der Waals surface area contributed by atoms with Gasteiger partial charge in [-0.05, 0) is 45.2 Å². The van der Waals surface area contributed by atoms with Crippen molar-refractivity contribution >= 4 is 11.8 Å². The van der Waals surface area contributed by atoms with Crippen molar-refractivity contribution in [3.05, 3.63) is 24.0 Å². The molecule has 1 amide bonds. The number of aromatic hydroxyl groups is 1. The van der Waals surface area contributed by atoms with E-state index in [0.29, 0.717) is 18.8 Å². The number of nitrogens with one attached hydrogen (secondary N) is 1. The minimum absolute atomic E-state index is 0.102. The van der Waals surface area contributed by atoms with Crippen LogP contribution in [0, 0.1) is 11.7 Å². The summed E-state index contributed by atoms with van der Waals surface area (Å²) in [6.07, 6.45) is 0.435. The van der Waals surface area contributed by atoms with E-state index in [1.807, 2.05) is 27.7 Å². The number of phenolic OH excluding ortho intramolecular Hbond substituents is 1. The Morgan fingerprint density at radius 2 is 2.13 bits per heavy atom. The molecule has 6 heteroatoms. The monoisotopic (exact) mass is 324 g/mol. The molecule has 2 N–H and O–H groups in total. The van der Waals surface area contributed by atoms with Gasteiger partial charge in [-0.2, -0.15) is 0 Å². The number of piperidine rings is 1. The highest BCUT2D eigenvalue weighted by molar-refractivity contribution is 5.68. The number of amides is 1. The zero-order valence-electron chi connectivity index (χ0n) is 14.1. The summed E-state index contributed by atoms with van der Waals surface area (Å²) in [5.41, 5.74) is 0.00366. The SMILES string of the molecule is C[C@H]1CN(C(=O)OC(C)(C)C)CC[C@H]1Nc1ccc(F)cc1O. The lowest BCUT2D eigenvalue weighted by atomic mass is 9.93. The third-order valence-corrected chi connectivity index (χ3v) is 3.86. The fourth-order valence-corrected chi connectivity index (χ4v) is 2.68. The molecule has 0 unspecified atom stereocenters. The molecule has 1 fully saturated rings. The van der Waals surface area contributed by atoms with Crippen molar-refractivity contribution in [2.24, 2.45) is 5.92 Å². The van der Waals surface area contributed by atoms with E-state index in [-0.39, 0.29) is 23.8 Å². The van der Waals surface area contributed by atoms with Crippen molar-refractivity contribution < 1.29 is 19.0 Å².